The summed E-state index contributed by atoms with van der Waals surface area (Å²) in [6.07, 6.45) is 5.20. The number of allylic oxidation sites excluding steroid dienone is 1. The van der Waals surface area contributed by atoms with Crippen LogP contribution in [-0.2, 0) is 13.6 Å². The summed E-state index contributed by atoms with van der Waals surface area (Å²) in [5.41, 5.74) is -0.170. The first kappa shape index (κ1) is 35.3. The molecule has 0 bridgehead atoms. The summed E-state index contributed by atoms with van der Waals surface area (Å²) >= 11 is 0. The van der Waals surface area contributed by atoms with E-state index in [0.717, 1.165) is 38.4 Å². The highest BCUT2D eigenvalue weighted by Gasteiger charge is 2.60. The summed E-state index contributed by atoms with van der Waals surface area (Å²) in [6.45, 7) is 28.5. The fourth-order valence-electron chi connectivity index (χ4n) is 7.74. The van der Waals surface area contributed by atoms with Crippen LogP contribution in [0.2, 0.25) is 36.3 Å². The molecular weight excluding hydrogens is 563 g/mol. The maximum Gasteiger partial charge on any atom is 0.404 e. The number of aliphatic hydroxyl groups is 1. The number of amides is 1. The Bertz CT molecular complexity index is 1040. The molecule has 0 aromatic carbocycles. The van der Waals surface area contributed by atoms with Gasteiger partial charge in [-0.3, -0.25) is 4.79 Å². The average Bonchev–Trinajstić information content (AvgIpc) is 3.11. The van der Waals surface area contributed by atoms with Gasteiger partial charge in [0.15, 0.2) is 22.4 Å². The molecule has 7 atom stereocenters. The van der Waals surface area contributed by atoms with Crippen molar-refractivity contribution in [2.24, 2.45) is 34.5 Å². The van der Waals surface area contributed by atoms with Crippen LogP contribution in [-0.4, -0.2) is 58.0 Å². The SMILES string of the molecule is CC(C)(C)[Si](C)(C)OC[C@H]1C[C@@H](O[Si](C)(C)C(C)(C)C)CC[C@]1(C)[C@H]1CC[C@]2(C)C(=O)/C(=C\O)C[C@H]2[C@@H]1CNC(=O)O. The lowest BCUT2D eigenvalue weighted by molar-refractivity contribution is -0.133. The van der Waals surface area contributed by atoms with Crippen molar-refractivity contribution in [3.05, 3.63) is 11.8 Å². The fourth-order valence-corrected chi connectivity index (χ4v) is 10.2. The van der Waals surface area contributed by atoms with Crippen LogP contribution in [0.15, 0.2) is 11.8 Å². The molecule has 0 aliphatic heterocycles. The third-order valence-electron chi connectivity index (χ3n) is 12.8. The molecule has 9 heteroatoms. The smallest absolute Gasteiger partial charge is 0.404 e. The Morgan fingerprint density at radius 3 is 2.12 bits per heavy atom. The highest BCUT2D eigenvalue weighted by Crippen LogP contribution is 2.62. The van der Waals surface area contributed by atoms with Gasteiger partial charge in [-0.25, -0.2) is 4.79 Å². The standard InChI is InChI=1S/C33H61NO6Si2/c1-30(2,3)41(9,10)39-21-23-18-24(40-42(11,12)31(4,5)6)13-15-32(23,7)26-14-16-33(8)27(17-22(20-35)28(33)36)25(26)19-34-29(37)38/h20,23-27,34-35H,13-19,21H2,1-12H3,(H,37,38)/b22-20-/t23-,24+,25-,26+,27+,32+,33+/m1/s1. The molecule has 42 heavy (non-hydrogen) atoms. The summed E-state index contributed by atoms with van der Waals surface area (Å²) in [7, 11) is -3.96. The Labute approximate surface area is 257 Å². The molecule has 7 nitrogen and oxygen atoms in total. The van der Waals surface area contributed by atoms with Crippen LogP contribution >= 0.6 is 0 Å². The number of nitrogens with one attached hydrogen (secondary N) is 1. The van der Waals surface area contributed by atoms with E-state index in [4.69, 9.17) is 8.85 Å². The van der Waals surface area contributed by atoms with Crippen LogP contribution in [0, 0.1) is 34.5 Å². The molecule has 0 saturated heterocycles. The Balaban J connectivity index is 2.00. The largest absolute Gasteiger partial charge is 0.515 e. The zero-order valence-electron chi connectivity index (χ0n) is 28.6. The second kappa shape index (κ2) is 12.0. The Hall–Kier alpha value is -1.17. The molecule has 0 aromatic rings. The number of Topliss-reactive ketones (excluding diaryl/α,β-unsaturated/α-hetero) is 1. The van der Waals surface area contributed by atoms with E-state index in [-0.39, 0.29) is 51.1 Å². The average molecular weight is 624 g/mol. The van der Waals surface area contributed by atoms with Gasteiger partial charge in [-0.1, -0.05) is 55.4 Å². The lowest BCUT2D eigenvalue weighted by Gasteiger charge is -2.57. The molecule has 0 spiro atoms. The second-order valence-electron chi connectivity index (χ2n) is 17.3. The van der Waals surface area contributed by atoms with Crippen molar-refractivity contribution < 1.29 is 28.7 Å². The molecule has 242 valence electrons. The highest BCUT2D eigenvalue weighted by atomic mass is 28.4. The van der Waals surface area contributed by atoms with E-state index in [2.05, 4.69) is 80.0 Å². The maximum absolute atomic E-state index is 13.4. The summed E-state index contributed by atoms with van der Waals surface area (Å²) in [4.78, 5) is 25.1. The molecule has 0 unspecified atom stereocenters. The van der Waals surface area contributed by atoms with Gasteiger partial charge in [0, 0.05) is 30.2 Å². The summed E-state index contributed by atoms with van der Waals surface area (Å²) in [5.74, 6) is 0.522. The predicted octanol–water partition coefficient (Wildman–Crippen LogP) is 8.54. The van der Waals surface area contributed by atoms with Crippen molar-refractivity contribution in [1.82, 2.24) is 5.32 Å². The quantitative estimate of drug-likeness (QED) is 0.142. The van der Waals surface area contributed by atoms with E-state index < -0.39 is 28.1 Å². The van der Waals surface area contributed by atoms with Crippen molar-refractivity contribution in [1.29, 1.82) is 0 Å². The number of aliphatic hydroxyl groups excluding tert-OH is 1. The van der Waals surface area contributed by atoms with E-state index in [9.17, 15) is 19.8 Å². The van der Waals surface area contributed by atoms with Crippen LogP contribution in [0.5, 0.6) is 0 Å². The van der Waals surface area contributed by atoms with Gasteiger partial charge < -0.3 is 24.4 Å². The number of hydrogen-bond donors (Lipinski definition) is 3. The Kier molecular flexibility index (Phi) is 10.1. The van der Waals surface area contributed by atoms with Crippen LogP contribution < -0.4 is 5.32 Å². The zero-order valence-corrected chi connectivity index (χ0v) is 30.6. The summed E-state index contributed by atoms with van der Waals surface area (Å²) in [5, 5.41) is 22.4. The van der Waals surface area contributed by atoms with E-state index in [1.165, 1.54) is 0 Å². The zero-order chi connectivity index (χ0) is 32.1. The predicted molar refractivity (Wildman–Crippen MR) is 175 cm³/mol. The monoisotopic (exact) mass is 623 g/mol. The van der Waals surface area contributed by atoms with E-state index in [0.29, 0.717) is 25.1 Å². The van der Waals surface area contributed by atoms with Crippen molar-refractivity contribution in [3.8, 4) is 0 Å². The third kappa shape index (κ3) is 6.74. The number of carboxylic acid groups (broad SMARTS) is 1. The highest BCUT2D eigenvalue weighted by molar-refractivity contribution is 6.74. The van der Waals surface area contributed by atoms with Crippen molar-refractivity contribution in [2.45, 2.75) is 136 Å². The number of ketones is 1. The third-order valence-corrected chi connectivity index (χ3v) is 21.8. The van der Waals surface area contributed by atoms with Gasteiger partial charge >= 0.3 is 6.09 Å². The number of carbonyl (C=O) groups is 2. The van der Waals surface area contributed by atoms with Crippen LogP contribution in [0.4, 0.5) is 4.79 Å². The van der Waals surface area contributed by atoms with Gasteiger partial charge in [-0.15, -0.1) is 0 Å². The first-order chi connectivity index (χ1) is 19.0. The molecular formula is C33H61NO6Si2. The molecule has 3 rings (SSSR count). The molecule has 0 radical (unpaired) electrons. The molecule has 3 aliphatic rings. The Morgan fingerprint density at radius 2 is 1.60 bits per heavy atom. The first-order valence-corrected chi connectivity index (χ1v) is 22.0. The van der Waals surface area contributed by atoms with Gasteiger partial charge in [0.2, 0.25) is 0 Å². The number of carbonyl (C=O) groups excluding carboxylic acids is 1. The van der Waals surface area contributed by atoms with Crippen molar-refractivity contribution in [3.63, 3.8) is 0 Å². The second-order valence-corrected chi connectivity index (χ2v) is 26.8. The number of hydrogen-bond acceptors (Lipinski definition) is 5. The minimum atomic E-state index is -2.01. The van der Waals surface area contributed by atoms with E-state index in [1.54, 1.807) is 0 Å². The van der Waals surface area contributed by atoms with Gasteiger partial charge in [0.1, 0.15) is 0 Å². The van der Waals surface area contributed by atoms with Gasteiger partial charge in [-0.05, 0) is 104 Å². The first-order valence-electron chi connectivity index (χ1n) is 16.2. The number of fused-ring (bicyclic) bond motifs is 1. The Morgan fingerprint density at radius 1 is 1.00 bits per heavy atom. The molecule has 3 fully saturated rings. The van der Waals surface area contributed by atoms with Gasteiger partial charge in [0.05, 0.1) is 6.26 Å². The molecule has 3 aliphatic carbocycles. The summed E-state index contributed by atoms with van der Waals surface area (Å²) in [6, 6.07) is 0. The minimum Gasteiger partial charge on any atom is -0.515 e. The van der Waals surface area contributed by atoms with Crippen molar-refractivity contribution >= 4 is 28.5 Å². The molecule has 3 N–H and O–H groups in total. The van der Waals surface area contributed by atoms with Crippen LogP contribution in [0.3, 0.4) is 0 Å². The summed E-state index contributed by atoms with van der Waals surface area (Å²) < 4.78 is 14.0. The molecule has 1 amide bonds. The lowest BCUT2D eigenvalue weighted by atomic mass is 9.49. The van der Waals surface area contributed by atoms with Crippen LogP contribution in [0.25, 0.3) is 0 Å². The normalized spacial score (nSPS) is 35.8. The topological polar surface area (TPSA) is 105 Å². The van der Waals surface area contributed by atoms with Gasteiger partial charge in [0.25, 0.3) is 0 Å². The van der Waals surface area contributed by atoms with E-state index >= 15 is 0 Å². The fraction of sp³-hybridized carbons (Fsp3) is 0.879. The van der Waals surface area contributed by atoms with Crippen LogP contribution in [0.1, 0.15) is 93.9 Å². The lowest BCUT2D eigenvalue weighted by Crippen LogP contribution is -2.56. The molecule has 0 heterocycles. The molecule has 0 aromatic heterocycles. The van der Waals surface area contributed by atoms with Gasteiger partial charge in [-0.2, -0.15) is 0 Å². The number of rotatable bonds is 8. The minimum absolute atomic E-state index is 0.000481. The van der Waals surface area contributed by atoms with Crippen molar-refractivity contribution in [2.75, 3.05) is 13.2 Å². The molecule has 3 saturated carbocycles. The maximum atomic E-state index is 13.4. The van der Waals surface area contributed by atoms with E-state index in [1.807, 2.05) is 6.92 Å².